The molecule has 70 valence electrons. The van der Waals surface area contributed by atoms with Gasteiger partial charge < -0.3 is 10.8 Å². The molecule has 0 spiro atoms. The van der Waals surface area contributed by atoms with Crippen LogP contribution in [0.3, 0.4) is 0 Å². The summed E-state index contributed by atoms with van der Waals surface area (Å²) in [6.45, 7) is 0. The lowest BCUT2D eigenvalue weighted by atomic mass is 9.86. The molecule has 0 amide bonds. The van der Waals surface area contributed by atoms with Crippen LogP contribution in [0.1, 0.15) is 16.5 Å². The van der Waals surface area contributed by atoms with E-state index in [0.29, 0.717) is 6.42 Å². The maximum Gasteiger partial charge on any atom is 0.0898 e. The number of hydrogen-bond acceptors (Lipinski definition) is 2. The van der Waals surface area contributed by atoms with Gasteiger partial charge in [0.05, 0.1) is 11.5 Å². The van der Waals surface area contributed by atoms with Gasteiger partial charge in [-0.1, -0.05) is 24.3 Å². The van der Waals surface area contributed by atoms with Crippen LogP contribution in [0.25, 0.3) is 0 Å². The number of aliphatic hydroxyl groups is 1. The first-order valence-electron chi connectivity index (χ1n) is 4.35. The minimum atomic E-state index is -0.628. The highest BCUT2D eigenvalue weighted by atomic mass is 35.5. The van der Waals surface area contributed by atoms with E-state index in [-0.39, 0.29) is 11.4 Å². The smallest absolute Gasteiger partial charge is 0.0898 e. The molecule has 0 bridgehead atoms. The number of rotatable bonds is 0. The fourth-order valence-corrected chi connectivity index (χ4v) is 2.16. The summed E-state index contributed by atoms with van der Waals surface area (Å²) >= 11 is 6.06. The minimum Gasteiger partial charge on any atom is -0.390 e. The molecule has 0 aromatic heterocycles. The van der Waals surface area contributed by atoms with E-state index in [1.165, 1.54) is 0 Å². The summed E-state index contributed by atoms with van der Waals surface area (Å²) in [4.78, 5) is 0. The second-order valence-electron chi connectivity index (χ2n) is 3.46. The zero-order valence-electron chi connectivity index (χ0n) is 7.15. The van der Waals surface area contributed by atoms with Gasteiger partial charge in [-0.25, -0.2) is 0 Å². The highest BCUT2D eigenvalue weighted by molar-refractivity contribution is 6.21. The summed E-state index contributed by atoms with van der Waals surface area (Å²) in [7, 11) is 0. The first kappa shape index (κ1) is 9.00. The monoisotopic (exact) mass is 197 g/mol. The minimum absolute atomic E-state index is 0.239. The molecule has 3 N–H and O–H groups in total. The fourth-order valence-electron chi connectivity index (χ4n) is 1.76. The molecule has 0 saturated heterocycles. The Morgan fingerprint density at radius 2 is 2.08 bits per heavy atom. The first-order chi connectivity index (χ1) is 6.20. The van der Waals surface area contributed by atoms with Crippen molar-refractivity contribution in [1.82, 2.24) is 0 Å². The summed E-state index contributed by atoms with van der Waals surface area (Å²) in [6, 6.07) is 7.61. The Bertz CT molecular complexity index is 316. The van der Waals surface area contributed by atoms with Gasteiger partial charge in [0.25, 0.3) is 0 Å². The predicted molar refractivity (Wildman–Crippen MR) is 52.7 cm³/mol. The zero-order chi connectivity index (χ0) is 9.42. The van der Waals surface area contributed by atoms with E-state index in [1.54, 1.807) is 0 Å². The van der Waals surface area contributed by atoms with Gasteiger partial charge in [-0.3, -0.25) is 0 Å². The maximum absolute atomic E-state index is 9.64. The average molecular weight is 198 g/mol. The van der Waals surface area contributed by atoms with E-state index in [9.17, 15) is 5.11 Å². The van der Waals surface area contributed by atoms with Gasteiger partial charge in [-0.2, -0.15) is 0 Å². The van der Waals surface area contributed by atoms with E-state index < -0.39 is 6.10 Å². The molecule has 3 atom stereocenters. The van der Waals surface area contributed by atoms with Gasteiger partial charge in [0.2, 0.25) is 0 Å². The Morgan fingerprint density at radius 3 is 2.85 bits per heavy atom. The average Bonchev–Trinajstić information content (AvgIpc) is 2.15. The standard InChI is InChI=1S/C10H12ClNO/c11-9-7-4-2-1-3-6(7)5-8(12)10(9)13/h1-4,8-10,13H,5,12H2/t8-,9-,10+/m1/s1. The second-order valence-corrected chi connectivity index (χ2v) is 3.93. The fraction of sp³-hybridized carbons (Fsp3) is 0.400. The summed E-state index contributed by atoms with van der Waals surface area (Å²) in [5.74, 6) is 0. The van der Waals surface area contributed by atoms with Crippen molar-refractivity contribution in [3.8, 4) is 0 Å². The Labute approximate surface area is 82.3 Å². The van der Waals surface area contributed by atoms with E-state index in [0.717, 1.165) is 11.1 Å². The summed E-state index contributed by atoms with van der Waals surface area (Å²) in [5, 5.41) is 9.27. The van der Waals surface area contributed by atoms with Crippen molar-refractivity contribution in [2.45, 2.75) is 23.9 Å². The van der Waals surface area contributed by atoms with Crippen molar-refractivity contribution < 1.29 is 5.11 Å². The van der Waals surface area contributed by atoms with Gasteiger partial charge in [0.15, 0.2) is 0 Å². The number of benzene rings is 1. The lowest BCUT2D eigenvalue weighted by Gasteiger charge is -2.30. The third-order valence-corrected chi connectivity index (χ3v) is 3.04. The molecular formula is C10H12ClNO. The molecule has 0 fully saturated rings. The summed E-state index contributed by atoms with van der Waals surface area (Å²) in [5.41, 5.74) is 7.91. The van der Waals surface area contributed by atoms with Crippen LogP contribution in [-0.4, -0.2) is 17.3 Å². The van der Waals surface area contributed by atoms with Crippen molar-refractivity contribution in [2.24, 2.45) is 5.73 Å². The lowest BCUT2D eigenvalue weighted by Crippen LogP contribution is -2.42. The summed E-state index contributed by atoms with van der Waals surface area (Å²) in [6.07, 6.45) is 0.0807. The van der Waals surface area contributed by atoms with Gasteiger partial charge in [0, 0.05) is 6.04 Å². The molecule has 2 nitrogen and oxygen atoms in total. The number of alkyl halides is 1. The highest BCUT2D eigenvalue weighted by Gasteiger charge is 2.31. The molecule has 13 heavy (non-hydrogen) atoms. The molecule has 0 heterocycles. The SMILES string of the molecule is N[C@@H]1Cc2ccccc2[C@@H](Cl)[C@H]1O. The molecule has 3 heteroatoms. The van der Waals surface area contributed by atoms with Crippen LogP contribution < -0.4 is 5.73 Å². The molecule has 1 aromatic rings. The Morgan fingerprint density at radius 1 is 1.38 bits per heavy atom. The van der Waals surface area contributed by atoms with E-state index in [4.69, 9.17) is 17.3 Å². The van der Waals surface area contributed by atoms with Crippen LogP contribution in [0.4, 0.5) is 0 Å². The molecule has 0 unspecified atom stereocenters. The molecule has 0 radical (unpaired) electrons. The Kier molecular flexibility index (Phi) is 2.28. The van der Waals surface area contributed by atoms with Crippen LogP contribution in [0.15, 0.2) is 24.3 Å². The first-order valence-corrected chi connectivity index (χ1v) is 4.79. The normalized spacial score (nSPS) is 32.7. The van der Waals surface area contributed by atoms with Gasteiger partial charge in [-0.05, 0) is 17.5 Å². The van der Waals surface area contributed by atoms with E-state index >= 15 is 0 Å². The molecule has 2 rings (SSSR count). The lowest BCUT2D eigenvalue weighted by molar-refractivity contribution is 0.132. The van der Waals surface area contributed by atoms with Gasteiger partial charge in [0.1, 0.15) is 0 Å². The molecule has 0 aliphatic heterocycles. The Hall–Kier alpha value is -0.570. The van der Waals surface area contributed by atoms with Gasteiger partial charge >= 0.3 is 0 Å². The third-order valence-electron chi connectivity index (χ3n) is 2.55. The molecule has 1 aliphatic rings. The van der Waals surface area contributed by atoms with Crippen molar-refractivity contribution in [1.29, 1.82) is 0 Å². The zero-order valence-corrected chi connectivity index (χ0v) is 7.91. The van der Waals surface area contributed by atoms with Crippen LogP contribution in [0, 0.1) is 0 Å². The quantitative estimate of drug-likeness (QED) is 0.615. The van der Waals surface area contributed by atoms with Crippen LogP contribution in [0.2, 0.25) is 0 Å². The Balaban J connectivity index is 2.43. The number of nitrogens with two attached hydrogens (primary N) is 1. The highest BCUT2D eigenvalue weighted by Crippen LogP contribution is 2.33. The maximum atomic E-state index is 9.64. The summed E-state index contributed by atoms with van der Waals surface area (Å²) < 4.78 is 0. The van der Waals surface area contributed by atoms with Crippen molar-refractivity contribution in [2.75, 3.05) is 0 Å². The predicted octanol–water partition coefficient (Wildman–Crippen LogP) is 1.21. The van der Waals surface area contributed by atoms with Crippen LogP contribution >= 0.6 is 11.6 Å². The van der Waals surface area contributed by atoms with E-state index in [1.807, 2.05) is 24.3 Å². The second kappa shape index (κ2) is 3.29. The molecule has 1 aliphatic carbocycles. The number of hydrogen-bond donors (Lipinski definition) is 2. The number of aliphatic hydroxyl groups excluding tert-OH is 1. The topological polar surface area (TPSA) is 46.2 Å². The molecular weight excluding hydrogens is 186 g/mol. The van der Waals surface area contributed by atoms with Crippen molar-refractivity contribution >= 4 is 11.6 Å². The number of fused-ring (bicyclic) bond motifs is 1. The third kappa shape index (κ3) is 1.46. The molecule has 0 saturated carbocycles. The van der Waals surface area contributed by atoms with Crippen LogP contribution in [-0.2, 0) is 6.42 Å². The van der Waals surface area contributed by atoms with Gasteiger partial charge in [-0.15, -0.1) is 11.6 Å². The van der Waals surface area contributed by atoms with E-state index in [2.05, 4.69) is 0 Å². The van der Waals surface area contributed by atoms with Crippen molar-refractivity contribution in [3.05, 3.63) is 35.4 Å². The molecule has 1 aromatic carbocycles. The largest absolute Gasteiger partial charge is 0.390 e. The van der Waals surface area contributed by atoms with Crippen molar-refractivity contribution in [3.63, 3.8) is 0 Å². The number of halogens is 1. The van der Waals surface area contributed by atoms with Crippen LogP contribution in [0.5, 0.6) is 0 Å².